The van der Waals surface area contributed by atoms with Crippen LogP contribution >= 0.6 is 0 Å². The Bertz CT molecular complexity index is 769. The number of alkyl halides is 3. The molecule has 2 aromatic rings. The molecule has 4 nitrogen and oxygen atoms in total. The zero-order valence-electron chi connectivity index (χ0n) is 13.4. The maximum absolute atomic E-state index is 13.9. The Hall–Kier alpha value is -2.31. The van der Waals surface area contributed by atoms with Crippen LogP contribution in [0.1, 0.15) is 29.5 Å². The van der Waals surface area contributed by atoms with Crippen molar-refractivity contribution in [1.29, 1.82) is 0 Å². The number of hydrogen-bond donors (Lipinski definition) is 0. The first-order valence-electron chi connectivity index (χ1n) is 7.61. The molecule has 0 fully saturated rings. The average Bonchev–Trinajstić information content (AvgIpc) is 2.91. The molecule has 1 amide bonds. The van der Waals surface area contributed by atoms with Crippen molar-refractivity contribution in [1.82, 2.24) is 10.1 Å². The van der Waals surface area contributed by atoms with E-state index in [9.17, 15) is 18.0 Å². The number of fused-ring (bicyclic) bond motifs is 1. The number of amides is 1. The fraction of sp³-hybridized carbons (Fsp3) is 0.412. The monoisotopic (exact) mass is 338 g/mol. The number of carbonyl (C=O) groups is 1. The largest absolute Gasteiger partial charge is 0.415 e. The third-order valence-electron chi connectivity index (χ3n) is 4.55. The van der Waals surface area contributed by atoms with Crippen LogP contribution in [0.15, 0.2) is 34.9 Å². The molecule has 0 saturated heterocycles. The minimum absolute atomic E-state index is 0.0166. The highest BCUT2D eigenvalue weighted by Crippen LogP contribution is 2.47. The van der Waals surface area contributed by atoms with Crippen LogP contribution in [0, 0.1) is 6.92 Å². The van der Waals surface area contributed by atoms with Crippen molar-refractivity contribution >= 4 is 5.91 Å². The lowest BCUT2D eigenvalue weighted by molar-refractivity contribution is -0.234. The Morgan fingerprint density at radius 2 is 2.08 bits per heavy atom. The topological polar surface area (TPSA) is 46.3 Å². The summed E-state index contributed by atoms with van der Waals surface area (Å²) in [5.74, 6) is -0.0991. The van der Waals surface area contributed by atoms with E-state index in [-0.39, 0.29) is 18.5 Å². The van der Waals surface area contributed by atoms with E-state index in [4.69, 9.17) is 4.52 Å². The number of benzene rings is 1. The molecule has 0 spiro atoms. The van der Waals surface area contributed by atoms with E-state index in [0.717, 1.165) is 11.8 Å². The van der Waals surface area contributed by atoms with Gasteiger partial charge in [0.1, 0.15) is 5.76 Å². The summed E-state index contributed by atoms with van der Waals surface area (Å²) in [7, 11) is 0. The third-order valence-corrected chi connectivity index (χ3v) is 4.55. The van der Waals surface area contributed by atoms with Crippen molar-refractivity contribution < 1.29 is 22.5 Å². The predicted molar refractivity (Wildman–Crippen MR) is 80.2 cm³/mol. The Balaban J connectivity index is 1.99. The first-order chi connectivity index (χ1) is 11.2. The highest BCUT2D eigenvalue weighted by molar-refractivity contribution is 5.80. The second-order valence-electron chi connectivity index (χ2n) is 6.13. The van der Waals surface area contributed by atoms with Gasteiger partial charge in [-0.15, -0.1) is 0 Å². The quantitative estimate of drug-likeness (QED) is 0.843. The summed E-state index contributed by atoms with van der Waals surface area (Å²) in [5, 5.41) is 3.70. The first kappa shape index (κ1) is 16.5. The molecule has 2 heterocycles. The average molecular weight is 338 g/mol. The number of rotatable bonds is 2. The standard InChI is InChI=1S/C17H17F3N2O2/c1-11-9-13(21-24-11)10-15(23)22-8-7-12-5-3-4-6-14(12)16(22,2)17(18,19)20/h3-6,9H,7-8,10H2,1-2H3/t16-/m0/s1. The van der Waals surface area contributed by atoms with Crippen LogP contribution in [0.5, 0.6) is 0 Å². The number of nitrogens with zero attached hydrogens (tertiary/aromatic N) is 2. The van der Waals surface area contributed by atoms with E-state index in [1.165, 1.54) is 6.07 Å². The second-order valence-corrected chi connectivity index (χ2v) is 6.13. The molecule has 7 heteroatoms. The third kappa shape index (κ3) is 2.57. The number of hydrogen-bond acceptors (Lipinski definition) is 3. The molecule has 1 aromatic heterocycles. The molecule has 0 bridgehead atoms. The Morgan fingerprint density at radius 1 is 1.38 bits per heavy atom. The van der Waals surface area contributed by atoms with Gasteiger partial charge >= 0.3 is 6.18 Å². The van der Waals surface area contributed by atoms with Crippen molar-refractivity contribution in [3.8, 4) is 0 Å². The van der Waals surface area contributed by atoms with Crippen LogP contribution in [0.25, 0.3) is 0 Å². The summed E-state index contributed by atoms with van der Waals surface area (Å²) < 4.78 is 46.7. The van der Waals surface area contributed by atoms with Gasteiger partial charge in [-0.1, -0.05) is 29.4 Å². The lowest BCUT2D eigenvalue weighted by Gasteiger charge is -2.46. The van der Waals surface area contributed by atoms with Crippen molar-refractivity contribution in [2.45, 2.75) is 38.4 Å². The zero-order chi connectivity index (χ0) is 17.5. The minimum Gasteiger partial charge on any atom is -0.361 e. The highest BCUT2D eigenvalue weighted by Gasteiger charge is 2.59. The molecule has 1 aliphatic heterocycles. The molecule has 1 aliphatic rings. The smallest absolute Gasteiger partial charge is 0.361 e. The molecule has 0 radical (unpaired) electrons. The normalized spacial score (nSPS) is 20.8. The predicted octanol–water partition coefficient (Wildman–Crippen LogP) is 3.39. The fourth-order valence-electron chi connectivity index (χ4n) is 3.25. The summed E-state index contributed by atoms with van der Waals surface area (Å²) in [4.78, 5) is 13.5. The summed E-state index contributed by atoms with van der Waals surface area (Å²) >= 11 is 0. The molecule has 0 unspecified atom stereocenters. The summed E-state index contributed by atoms with van der Waals surface area (Å²) in [6, 6.07) is 7.97. The first-order valence-corrected chi connectivity index (χ1v) is 7.61. The van der Waals surface area contributed by atoms with Crippen LogP contribution in [0.2, 0.25) is 0 Å². The molecule has 0 N–H and O–H groups in total. The van der Waals surface area contributed by atoms with Gasteiger partial charge in [-0.25, -0.2) is 0 Å². The van der Waals surface area contributed by atoms with Gasteiger partial charge in [0.25, 0.3) is 0 Å². The highest BCUT2D eigenvalue weighted by atomic mass is 19.4. The number of carbonyl (C=O) groups excluding carboxylic acids is 1. The van der Waals surface area contributed by atoms with Gasteiger partial charge in [-0.3, -0.25) is 4.79 Å². The fourth-order valence-corrected chi connectivity index (χ4v) is 3.25. The molecule has 0 aliphatic carbocycles. The Kier molecular flexibility index (Phi) is 3.89. The summed E-state index contributed by atoms with van der Waals surface area (Å²) in [5.41, 5.74) is -1.26. The molecule has 3 rings (SSSR count). The van der Waals surface area contributed by atoms with Crippen LogP contribution < -0.4 is 0 Å². The van der Waals surface area contributed by atoms with Crippen molar-refractivity contribution in [2.24, 2.45) is 0 Å². The molecule has 0 saturated carbocycles. The van der Waals surface area contributed by atoms with Crippen molar-refractivity contribution in [3.63, 3.8) is 0 Å². The molecule has 128 valence electrons. The van der Waals surface area contributed by atoms with Gasteiger partial charge in [-0.05, 0) is 31.4 Å². The molecule has 1 atom stereocenters. The van der Waals surface area contributed by atoms with E-state index in [0.29, 0.717) is 23.4 Å². The van der Waals surface area contributed by atoms with E-state index in [2.05, 4.69) is 5.16 Å². The van der Waals surface area contributed by atoms with Crippen LogP contribution in [0.3, 0.4) is 0 Å². The second kappa shape index (κ2) is 5.65. The zero-order valence-corrected chi connectivity index (χ0v) is 13.4. The molecule has 24 heavy (non-hydrogen) atoms. The number of aryl methyl sites for hydroxylation is 1. The van der Waals surface area contributed by atoms with Crippen LogP contribution in [0.4, 0.5) is 13.2 Å². The summed E-state index contributed by atoms with van der Waals surface area (Å²) in [6.45, 7) is 2.75. The van der Waals surface area contributed by atoms with Gasteiger partial charge in [0.2, 0.25) is 5.91 Å². The Labute approximate surface area is 137 Å². The van der Waals surface area contributed by atoms with Crippen molar-refractivity contribution in [3.05, 3.63) is 52.9 Å². The maximum atomic E-state index is 13.9. The minimum atomic E-state index is -4.58. The van der Waals surface area contributed by atoms with E-state index < -0.39 is 17.6 Å². The number of halogens is 3. The summed E-state index contributed by atoms with van der Waals surface area (Å²) in [6.07, 6.45) is -4.41. The van der Waals surface area contributed by atoms with Gasteiger partial charge in [0.15, 0.2) is 5.54 Å². The van der Waals surface area contributed by atoms with Gasteiger partial charge in [-0.2, -0.15) is 13.2 Å². The molecule has 1 aromatic carbocycles. The van der Waals surface area contributed by atoms with E-state index in [1.54, 1.807) is 31.2 Å². The molecular weight excluding hydrogens is 321 g/mol. The van der Waals surface area contributed by atoms with Gasteiger partial charge in [0.05, 0.1) is 12.1 Å². The SMILES string of the molecule is Cc1cc(CC(=O)N2CCc3ccccc3[C@@]2(C)C(F)(F)F)no1. The lowest BCUT2D eigenvalue weighted by Crippen LogP contribution is -2.59. The number of aromatic nitrogens is 1. The van der Waals surface area contributed by atoms with Crippen LogP contribution in [-0.2, 0) is 23.2 Å². The van der Waals surface area contributed by atoms with Gasteiger partial charge < -0.3 is 9.42 Å². The lowest BCUT2D eigenvalue weighted by atomic mass is 9.81. The Morgan fingerprint density at radius 3 is 2.71 bits per heavy atom. The van der Waals surface area contributed by atoms with Crippen LogP contribution in [-0.4, -0.2) is 28.7 Å². The maximum Gasteiger partial charge on any atom is 0.415 e. The molecular formula is C17H17F3N2O2. The van der Waals surface area contributed by atoms with Crippen molar-refractivity contribution in [2.75, 3.05) is 6.54 Å². The van der Waals surface area contributed by atoms with Gasteiger partial charge in [0, 0.05) is 12.6 Å². The van der Waals surface area contributed by atoms with E-state index in [1.807, 2.05) is 0 Å². The van der Waals surface area contributed by atoms with E-state index >= 15 is 0 Å².